The second-order valence-corrected chi connectivity index (χ2v) is 7.69. The third-order valence-electron chi connectivity index (χ3n) is 3.62. The number of hydrogen-bond acceptors (Lipinski definition) is 6. The lowest BCUT2D eigenvalue weighted by Gasteiger charge is -2.24. The number of nitrogens with zero attached hydrogens (tertiary/aromatic N) is 1. The minimum atomic E-state index is -1.07. The lowest BCUT2D eigenvalue weighted by molar-refractivity contribution is -0.171. The number of fused-ring (bicyclic) bond motifs is 1. The van der Waals surface area contributed by atoms with Gasteiger partial charge in [0.1, 0.15) is 11.6 Å². The maximum atomic E-state index is 12.5. The van der Waals surface area contributed by atoms with E-state index in [0.717, 1.165) is 0 Å². The van der Waals surface area contributed by atoms with Crippen LogP contribution in [0.1, 0.15) is 61.8 Å². The van der Waals surface area contributed by atoms with E-state index in [1.54, 1.807) is 32.9 Å². The Kier molecular flexibility index (Phi) is 5.88. The Morgan fingerprint density at radius 2 is 1.59 bits per heavy atom. The van der Waals surface area contributed by atoms with Crippen molar-refractivity contribution in [1.29, 1.82) is 0 Å². The maximum Gasteiger partial charge on any atom is 0.408 e. The lowest BCUT2D eigenvalue weighted by atomic mass is 10.0. The Labute approximate surface area is 157 Å². The van der Waals surface area contributed by atoms with Gasteiger partial charge < -0.3 is 14.9 Å². The molecule has 0 aliphatic carbocycles. The van der Waals surface area contributed by atoms with Crippen molar-refractivity contribution in [3.8, 4) is 0 Å². The van der Waals surface area contributed by atoms with Gasteiger partial charge in [0, 0.05) is 0 Å². The monoisotopic (exact) mass is 376 g/mol. The Hall–Kier alpha value is -2.90. The number of hydroxylamine groups is 2. The van der Waals surface area contributed by atoms with Crippen molar-refractivity contribution in [2.24, 2.45) is 5.92 Å². The van der Waals surface area contributed by atoms with E-state index in [0.29, 0.717) is 5.06 Å². The summed E-state index contributed by atoms with van der Waals surface area (Å²) in [6.07, 6.45) is -0.534. The molecule has 0 aromatic heterocycles. The summed E-state index contributed by atoms with van der Waals surface area (Å²) in [7, 11) is 0. The van der Waals surface area contributed by atoms with Crippen LogP contribution in [0.5, 0.6) is 0 Å². The molecule has 1 aromatic carbocycles. The SMILES string of the molecule is CC(C)CC(NC(=O)OC(C)(C)C)C(=O)ON1C(=O)c2ccccc2C1=O. The first-order chi connectivity index (χ1) is 12.5. The number of hydrogen-bond donors (Lipinski definition) is 1. The molecule has 1 unspecified atom stereocenters. The van der Waals surface area contributed by atoms with Gasteiger partial charge in [-0.2, -0.15) is 0 Å². The van der Waals surface area contributed by atoms with Crippen LogP contribution >= 0.6 is 0 Å². The summed E-state index contributed by atoms with van der Waals surface area (Å²) in [6, 6.07) is 5.12. The fourth-order valence-electron chi connectivity index (χ4n) is 2.54. The van der Waals surface area contributed by atoms with Gasteiger partial charge in [-0.1, -0.05) is 31.0 Å². The molecule has 0 spiro atoms. The largest absolute Gasteiger partial charge is 0.444 e. The summed E-state index contributed by atoms with van der Waals surface area (Å²) in [5, 5.41) is 2.87. The fourth-order valence-corrected chi connectivity index (χ4v) is 2.54. The van der Waals surface area contributed by atoms with Crippen LogP contribution in [0.4, 0.5) is 4.79 Å². The molecule has 146 valence electrons. The van der Waals surface area contributed by atoms with E-state index >= 15 is 0 Å². The van der Waals surface area contributed by atoms with E-state index in [1.165, 1.54) is 12.1 Å². The Morgan fingerprint density at radius 1 is 1.07 bits per heavy atom. The second kappa shape index (κ2) is 7.77. The number of amides is 3. The summed E-state index contributed by atoms with van der Waals surface area (Å²) in [5.41, 5.74) is -0.412. The van der Waals surface area contributed by atoms with Crippen LogP contribution in [0.15, 0.2) is 24.3 Å². The molecule has 1 aliphatic rings. The molecule has 0 saturated heterocycles. The van der Waals surface area contributed by atoms with Crippen molar-refractivity contribution in [1.82, 2.24) is 10.4 Å². The molecule has 1 aromatic rings. The van der Waals surface area contributed by atoms with Gasteiger partial charge in [0.15, 0.2) is 0 Å². The lowest BCUT2D eigenvalue weighted by Crippen LogP contribution is -2.47. The van der Waals surface area contributed by atoms with Gasteiger partial charge in [-0.25, -0.2) is 9.59 Å². The Bertz CT molecular complexity index is 731. The topological polar surface area (TPSA) is 102 Å². The molecule has 3 amide bonds. The van der Waals surface area contributed by atoms with Crippen LogP contribution in [0.25, 0.3) is 0 Å². The number of imide groups is 1. The molecule has 1 N–H and O–H groups in total. The van der Waals surface area contributed by atoms with Gasteiger partial charge >= 0.3 is 12.1 Å². The molecule has 2 rings (SSSR count). The van der Waals surface area contributed by atoms with Gasteiger partial charge in [-0.05, 0) is 45.2 Å². The Morgan fingerprint density at radius 3 is 2.04 bits per heavy atom. The van der Waals surface area contributed by atoms with Crippen LogP contribution in [-0.4, -0.2) is 40.6 Å². The molecular formula is C19H24N2O6. The van der Waals surface area contributed by atoms with Gasteiger partial charge in [0.2, 0.25) is 0 Å². The molecule has 0 saturated carbocycles. The molecule has 27 heavy (non-hydrogen) atoms. The first-order valence-corrected chi connectivity index (χ1v) is 8.68. The van der Waals surface area contributed by atoms with Crippen LogP contribution in [0.3, 0.4) is 0 Å². The summed E-state index contributed by atoms with van der Waals surface area (Å²) in [4.78, 5) is 54.2. The number of carbonyl (C=O) groups is 4. The predicted molar refractivity (Wildman–Crippen MR) is 95.6 cm³/mol. The predicted octanol–water partition coefficient (Wildman–Crippen LogP) is 2.68. The minimum absolute atomic E-state index is 0.0414. The van der Waals surface area contributed by atoms with Crippen LogP contribution in [0, 0.1) is 5.92 Å². The first kappa shape index (κ1) is 20.4. The van der Waals surface area contributed by atoms with Crippen molar-refractivity contribution in [2.45, 2.75) is 52.7 Å². The highest BCUT2D eigenvalue weighted by molar-refractivity contribution is 6.20. The van der Waals surface area contributed by atoms with Crippen LogP contribution < -0.4 is 5.32 Å². The van der Waals surface area contributed by atoms with Crippen LogP contribution in [-0.2, 0) is 14.4 Å². The first-order valence-electron chi connectivity index (χ1n) is 8.68. The number of carbonyl (C=O) groups excluding carboxylic acids is 4. The van der Waals surface area contributed by atoms with Gasteiger partial charge in [0.05, 0.1) is 11.1 Å². The third-order valence-corrected chi connectivity index (χ3v) is 3.62. The van der Waals surface area contributed by atoms with E-state index < -0.39 is 35.5 Å². The zero-order chi connectivity index (χ0) is 20.4. The maximum absolute atomic E-state index is 12.5. The number of ether oxygens (including phenoxy) is 1. The second-order valence-electron chi connectivity index (χ2n) is 7.69. The standard InChI is InChI=1S/C19H24N2O6/c1-11(2)10-14(20-18(25)26-19(3,4)5)17(24)27-21-15(22)12-8-6-7-9-13(12)16(21)23/h6-9,11,14H,10H2,1-5H3,(H,20,25). The molecule has 8 heteroatoms. The van der Waals surface area contributed by atoms with Crippen molar-refractivity contribution >= 4 is 23.9 Å². The van der Waals surface area contributed by atoms with E-state index in [2.05, 4.69) is 5.32 Å². The van der Waals surface area contributed by atoms with E-state index in [4.69, 9.17) is 9.57 Å². The Balaban J connectivity index is 2.11. The highest BCUT2D eigenvalue weighted by Crippen LogP contribution is 2.23. The van der Waals surface area contributed by atoms with Gasteiger partial charge in [0.25, 0.3) is 11.8 Å². The molecule has 1 atom stereocenters. The smallest absolute Gasteiger partial charge is 0.408 e. The molecule has 0 radical (unpaired) electrons. The van der Waals surface area contributed by atoms with E-state index in [9.17, 15) is 19.2 Å². The van der Waals surface area contributed by atoms with Crippen molar-refractivity contribution in [3.05, 3.63) is 35.4 Å². The van der Waals surface area contributed by atoms with E-state index in [-0.39, 0.29) is 23.5 Å². The third kappa shape index (κ3) is 5.06. The summed E-state index contributed by atoms with van der Waals surface area (Å²) in [5.74, 6) is -2.31. The van der Waals surface area contributed by atoms with E-state index in [1.807, 2.05) is 13.8 Å². The normalized spacial score (nSPS) is 14.8. The molecule has 8 nitrogen and oxygen atoms in total. The van der Waals surface area contributed by atoms with Crippen molar-refractivity contribution in [3.63, 3.8) is 0 Å². The van der Waals surface area contributed by atoms with Gasteiger partial charge in [-0.3, -0.25) is 9.59 Å². The molecular weight excluding hydrogens is 352 g/mol. The van der Waals surface area contributed by atoms with Crippen molar-refractivity contribution < 1.29 is 28.8 Å². The quantitative estimate of drug-likeness (QED) is 0.793. The summed E-state index contributed by atoms with van der Waals surface area (Å²) in [6.45, 7) is 8.81. The number of rotatable bonds is 5. The average Bonchev–Trinajstić information content (AvgIpc) is 2.77. The zero-order valence-corrected chi connectivity index (χ0v) is 16.1. The van der Waals surface area contributed by atoms with Gasteiger partial charge in [-0.15, -0.1) is 0 Å². The number of nitrogens with one attached hydrogen (secondary N) is 1. The zero-order valence-electron chi connectivity index (χ0n) is 16.1. The molecule has 0 fully saturated rings. The average molecular weight is 376 g/mol. The summed E-state index contributed by atoms with van der Waals surface area (Å²) < 4.78 is 5.16. The number of alkyl carbamates (subject to hydrolysis) is 1. The molecule has 1 heterocycles. The van der Waals surface area contributed by atoms with Crippen LogP contribution in [0.2, 0.25) is 0 Å². The highest BCUT2D eigenvalue weighted by atomic mass is 16.7. The molecule has 0 bridgehead atoms. The highest BCUT2D eigenvalue weighted by Gasteiger charge is 2.40. The molecule has 1 aliphatic heterocycles. The van der Waals surface area contributed by atoms with Crippen molar-refractivity contribution in [2.75, 3.05) is 0 Å². The fraction of sp³-hybridized carbons (Fsp3) is 0.474. The number of benzene rings is 1. The summed E-state index contributed by atoms with van der Waals surface area (Å²) >= 11 is 0. The minimum Gasteiger partial charge on any atom is -0.444 e.